The van der Waals surface area contributed by atoms with Crippen molar-refractivity contribution in [2.75, 3.05) is 5.32 Å². The fourth-order valence-electron chi connectivity index (χ4n) is 2.65. The quantitative estimate of drug-likeness (QED) is 0.701. The maximum absolute atomic E-state index is 13.8. The highest BCUT2D eigenvalue weighted by molar-refractivity contribution is 5.96. The van der Waals surface area contributed by atoms with E-state index >= 15 is 0 Å². The molecule has 7 heteroatoms. The number of amides is 1. The van der Waals surface area contributed by atoms with E-state index in [1.807, 2.05) is 32.0 Å². The van der Waals surface area contributed by atoms with E-state index in [1.54, 1.807) is 19.1 Å². The fraction of sp³-hybridized carbons (Fsp3) is 0.250. The molecule has 1 heterocycles. The molecule has 27 heavy (non-hydrogen) atoms. The smallest absolute Gasteiger partial charge is 0.266 e. The molecular weight excluding hydrogens is 349 g/mol. The summed E-state index contributed by atoms with van der Waals surface area (Å²) in [5.41, 5.74) is 3.27. The second kappa shape index (κ2) is 7.99. The minimum Gasteiger partial charge on any atom is -0.478 e. The van der Waals surface area contributed by atoms with Crippen LogP contribution in [-0.2, 0) is 4.79 Å². The monoisotopic (exact) mass is 369 g/mol. The number of carbonyl (C=O) groups is 1. The molecule has 1 aromatic heterocycles. The number of carbonyl (C=O) groups excluding carboxylic acids is 1. The van der Waals surface area contributed by atoms with Gasteiger partial charge < -0.3 is 10.1 Å². The maximum Gasteiger partial charge on any atom is 0.266 e. The SMILES string of the molecule is CCC(Oc1ccccc1F)C(=O)Nc1nonc1-c1cc(C)ccc1C. The average Bonchev–Trinajstić information content (AvgIpc) is 3.10. The molecule has 1 atom stereocenters. The molecule has 0 radical (unpaired) electrons. The van der Waals surface area contributed by atoms with E-state index in [0.717, 1.165) is 16.7 Å². The summed E-state index contributed by atoms with van der Waals surface area (Å²) in [5.74, 6) is -0.761. The van der Waals surface area contributed by atoms with E-state index < -0.39 is 17.8 Å². The summed E-state index contributed by atoms with van der Waals surface area (Å²) in [4.78, 5) is 12.6. The number of anilines is 1. The Hall–Kier alpha value is -3.22. The molecular formula is C20H20FN3O3. The molecule has 1 amide bonds. The molecule has 3 rings (SSSR count). The van der Waals surface area contributed by atoms with E-state index in [-0.39, 0.29) is 11.6 Å². The van der Waals surface area contributed by atoms with Crippen LogP contribution >= 0.6 is 0 Å². The van der Waals surface area contributed by atoms with Gasteiger partial charge in [-0.2, -0.15) is 0 Å². The Morgan fingerprint density at radius 1 is 1.22 bits per heavy atom. The van der Waals surface area contributed by atoms with Crippen molar-refractivity contribution < 1.29 is 18.6 Å². The first-order valence-electron chi connectivity index (χ1n) is 8.61. The number of rotatable bonds is 6. The van der Waals surface area contributed by atoms with Crippen molar-refractivity contribution in [3.8, 4) is 17.0 Å². The van der Waals surface area contributed by atoms with Crippen LogP contribution in [-0.4, -0.2) is 22.3 Å². The predicted octanol–water partition coefficient (Wildman–Crippen LogP) is 4.29. The summed E-state index contributed by atoms with van der Waals surface area (Å²) in [7, 11) is 0. The standard InChI is InChI=1S/C20H20FN3O3/c1-4-16(26-17-8-6-5-7-15(17)21)20(25)22-19-18(23-27-24-19)14-11-12(2)9-10-13(14)3/h5-11,16H,4H2,1-3H3,(H,22,24,25). The highest BCUT2D eigenvalue weighted by Gasteiger charge is 2.24. The number of benzene rings is 2. The molecule has 0 saturated heterocycles. The molecule has 3 aromatic rings. The number of aromatic nitrogens is 2. The number of halogens is 1. The molecule has 0 saturated carbocycles. The van der Waals surface area contributed by atoms with Crippen molar-refractivity contribution in [3.63, 3.8) is 0 Å². The lowest BCUT2D eigenvalue weighted by atomic mass is 10.0. The molecule has 1 unspecified atom stereocenters. The van der Waals surface area contributed by atoms with Crippen LogP contribution in [0.1, 0.15) is 24.5 Å². The van der Waals surface area contributed by atoms with Crippen LogP contribution in [0.25, 0.3) is 11.3 Å². The molecule has 1 N–H and O–H groups in total. The Morgan fingerprint density at radius 3 is 2.74 bits per heavy atom. The van der Waals surface area contributed by atoms with E-state index in [9.17, 15) is 9.18 Å². The van der Waals surface area contributed by atoms with E-state index in [4.69, 9.17) is 9.37 Å². The molecule has 0 aliphatic rings. The summed E-state index contributed by atoms with van der Waals surface area (Å²) in [5, 5.41) is 10.4. The van der Waals surface area contributed by atoms with Gasteiger partial charge in [0.25, 0.3) is 5.91 Å². The third kappa shape index (κ3) is 4.13. The van der Waals surface area contributed by atoms with Crippen LogP contribution in [0.3, 0.4) is 0 Å². The molecule has 0 aliphatic heterocycles. The summed E-state index contributed by atoms with van der Waals surface area (Å²) >= 11 is 0. The second-order valence-corrected chi connectivity index (χ2v) is 6.21. The van der Waals surface area contributed by atoms with Crippen LogP contribution in [0.5, 0.6) is 5.75 Å². The Morgan fingerprint density at radius 2 is 2.00 bits per heavy atom. The molecule has 0 bridgehead atoms. The number of aryl methyl sites for hydroxylation is 2. The van der Waals surface area contributed by atoms with Crippen molar-refractivity contribution in [2.45, 2.75) is 33.3 Å². The van der Waals surface area contributed by atoms with E-state index in [1.165, 1.54) is 12.1 Å². The van der Waals surface area contributed by atoms with Crippen LogP contribution in [0.15, 0.2) is 47.1 Å². The van der Waals surface area contributed by atoms with Gasteiger partial charge in [0.05, 0.1) is 0 Å². The van der Waals surface area contributed by atoms with Crippen molar-refractivity contribution in [1.29, 1.82) is 0 Å². The zero-order chi connectivity index (χ0) is 19.4. The van der Waals surface area contributed by atoms with Gasteiger partial charge in [-0.25, -0.2) is 9.02 Å². The normalized spacial score (nSPS) is 11.9. The van der Waals surface area contributed by atoms with Crippen LogP contribution < -0.4 is 10.1 Å². The first kappa shape index (κ1) is 18.6. The first-order chi connectivity index (χ1) is 13.0. The van der Waals surface area contributed by atoms with Gasteiger partial charge in [-0.3, -0.25) is 4.79 Å². The lowest BCUT2D eigenvalue weighted by molar-refractivity contribution is -0.122. The van der Waals surface area contributed by atoms with Gasteiger partial charge in [-0.15, -0.1) is 0 Å². The van der Waals surface area contributed by atoms with Gasteiger partial charge in [0.2, 0.25) is 5.82 Å². The zero-order valence-corrected chi connectivity index (χ0v) is 15.3. The Kier molecular flexibility index (Phi) is 5.49. The number of para-hydroxylation sites is 1. The molecule has 6 nitrogen and oxygen atoms in total. The number of hydrogen-bond acceptors (Lipinski definition) is 5. The number of ether oxygens (including phenoxy) is 1. The topological polar surface area (TPSA) is 77.2 Å². The van der Waals surface area contributed by atoms with Crippen molar-refractivity contribution in [1.82, 2.24) is 10.3 Å². The Balaban J connectivity index is 1.81. The third-order valence-corrected chi connectivity index (χ3v) is 4.15. The van der Waals surface area contributed by atoms with Crippen molar-refractivity contribution in [3.05, 3.63) is 59.4 Å². The minimum absolute atomic E-state index is 0.0209. The largest absolute Gasteiger partial charge is 0.478 e. The minimum atomic E-state index is -0.884. The summed E-state index contributed by atoms with van der Waals surface area (Å²) in [6.45, 7) is 5.67. The molecule has 140 valence electrons. The van der Waals surface area contributed by atoms with Crippen LogP contribution in [0, 0.1) is 19.7 Å². The molecule has 0 spiro atoms. The van der Waals surface area contributed by atoms with E-state index in [2.05, 4.69) is 15.6 Å². The van der Waals surface area contributed by atoms with Crippen molar-refractivity contribution in [2.24, 2.45) is 0 Å². The molecule has 2 aromatic carbocycles. The van der Waals surface area contributed by atoms with E-state index in [0.29, 0.717) is 12.1 Å². The Bertz CT molecular complexity index is 955. The lowest BCUT2D eigenvalue weighted by Crippen LogP contribution is -2.33. The number of hydrogen-bond donors (Lipinski definition) is 1. The predicted molar refractivity (Wildman–Crippen MR) is 98.9 cm³/mol. The third-order valence-electron chi connectivity index (χ3n) is 4.15. The summed E-state index contributed by atoms with van der Waals surface area (Å²) in [6, 6.07) is 11.8. The highest BCUT2D eigenvalue weighted by Crippen LogP contribution is 2.28. The van der Waals surface area contributed by atoms with Gasteiger partial charge in [-0.1, -0.05) is 36.8 Å². The summed E-state index contributed by atoms with van der Waals surface area (Å²) < 4.78 is 24.2. The number of nitrogens with one attached hydrogen (secondary N) is 1. The molecule has 0 aliphatic carbocycles. The van der Waals surface area contributed by atoms with Crippen LogP contribution in [0.4, 0.5) is 10.2 Å². The fourth-order valence-corrected chi connectivity index (χ4v) is 2.65. The van der Waals surface area contributed by atoms with Gasteiger partial charge >= 0.3 is 0 Å². The molecule has 0 fully saturated rings. The first-order valence-corrected chi connectivity index (χ1v) is 8.61. The van der Waals surface area contributed by atoms with Crippen LogP contribution in [0.2, 0.25) is 0 Å². The maximum atomic E-state index is 13.8. The van der Waals surface area contributed by atoms with Crippen molar-refractivity contribution >= 4 is 11.7 Å². The van der Waals surface area contributed by atoms with Gasteiger partial charge in [0.15, 0.2) is 23.4 Å². The van der Waals surface area contributed by atoms with Gasteiger partial charge in [0.1, 0.15) is 0 Å². The Labute approximate surface area is 156 Å². The van der Waals surface area contributed by atoms with Gasteiger partial charge in [0, 0.05) is 5.56 Å². The van der Waals surface area contributed by atoms with Gasteiger partial charge in [-0.05, 0) is 54.3 Å². The lowest BCUT2D eigenvalue weighted by Gasteiger charge is -2.17. The average molecular weight is 369 g/mol. The number of nitrogens with zero attached hydrogens (tertiary/aromatic N) is 2. The summed E-state index contributed by atoms with van der Waals surface area (Å²) in [6.07, 6.45) is -0.533. The zero-order valence-electron chi connectivity index (χ0n) is 15.3. The highest BCUT2D eigenvalue weighted by atomic mass is 19.1. The second-order valence-electron chi connectivity index (χ2n) is 6.21.